The van der Waals surface area contributed by atoms with Crippen molar-refractivity contribution in [1.29, 1.82) is 0 Å². The number of hydrogen-bond donors (Lipinski definition) is 2. The summed E-state index contributed by atoms with van der Waals surface area (Å²) >= 11 is 0. The second-order valence-corrected chi connectivity index (χ2v) is 2.78. The summed E-state index contributed by atoms with van der Waals surface area (Å²) in [5, 5.41) is 0. The number of hydrogen-bond acceptors (Lipinski definition) is 4. The topological polar surface area (TPSA) is 60.2 Å². The maximum atomic E-state index is 13.2. The fourth-order valence-electron chi connectivity index (χ4n) is 1.13. The Morgan fingerprint density at radius 1 is 1.71 bits per heavy atom. The number of nitrogens with zero attached hydrogens (tertiary/aromatic N) is 1. The van der Waals surface area contributed by atoms with Crippen LogP contribution in [0.2, 0.25) is 0 Å². The number of nitrogens with two attached hydrogens (primary N) is 1. The number of ether oxygens (including phenoxy) is 1. The fraction of sp³-hybridized carbons (Fsp3) is 0.444. The van der Waals surface area contributed by atoms with E-state index in [2.05, 4.69) is 10.4 Å². The molecule has 1 unspecified atom stereocenters. The minimum absolute atomic E-state index is 0.335. The van der Waals surface area contributed by atoms with E-state index >= 15 is 0 Å². The van der Waals surface area contributed by atoms with Crippen molar-refractivity contribution in [2.24, 2.45) is 5.84 Å². The third-order valence-corrected chi connectivity index (χ3v) is 1.87. The van der Waals surface area contributed by atoms with Gasteiger partial charge in [-0.15, -0.1) is 0 Å². The van der Waals surface area contributed by atoms with Gasteiger partial charge in [0.2, 0.25) is 0 Å². The largest absolute Gasteiger partial charge is 0.380 e. The van der Waals surface area contributed by atoms with E-state index < -0.39 is 0 Å². The van der Waals surface area contributed by atoms with Crippen LogP contribution in [-0.2, 0) is 4.74 Å². The summed E-state index contributed by atoms with van der Waals surface area (Å²) in [5.41, 5.74) is 2.97. The van der Waals surface area contributed by atoms with Gasteiger partial charge in [0, 0.05) is 18.4 Å². The Morgan fingerprint density at radius 3 is 3.07 bits per heavy atom. The number of nitrogens with one attached hydrogen (secondary N) is 1. The smallest absolute Gasteiger partial charge is 0.146 e. The second-order valence-electron chi connectivity index (χ2n) is 2.78. The molecule has 3 N–H and O–H groups in total. The Bertz CT molecular complexity index is 283. The molecule has 0 aliphatic carbocycles. The molecule has 5 heteroatoms. The van der Waals surface area contributed by atoms with Crippen molar-refractivity contribution in [2.75, 3.05) is 13.2 Å². The van der Waals surface area contributed by atoms with Gasteiger partial charge in [-0.25, -0.2) is 4.39 Å². The molecule has 0 aromatic carbocycles. The Kier molecular flexibility index (Phi) is 4.45. The Morgan fingerprint density at radius 2 is 2.50 bits per heavy atom. The van der Waals surface area contributed by atoms with E-state index in [1.165, 1.54) is 6.20 Å². The monoisotopic (exact) mass is 199 g/mol. The van der Waals surface area contributed by atoms with Gasteiger partial charge in [0.15, 0.2) is 0 Å². The van der Waals surface area contributed by atoms with Crippen LogP contribution in [0.3, 0.4) is 0 Å². The van der Waals surface area contributed by atoms with Crippen molar-refractivity contribution < 1.29 is 9.13 Å². The molecule has 4 nitrogen and oxygen atoms in total. The second kappa shape index (κ2) is 5.64. The predicted octanol–water partition coefficient (Wildman–Crippen LogP) is 0.762. The normalized spacial score (nSPS) is 12.8. The third kappa shape index (κ3) is 2.73. The van der Waals surface area contributed by atoms with Crippen molar-refractivity contribution in [3.8, 4) is 0 Å². The molecule has 0 amide bonds. The highest BCUT2D eigenvalue weighted by molar-refractivity contribution is 5.17. The minimum atomic E-state index is -0.379. The summed E-state index contributed by atoms with van der Waals surface area (Å²) in [6, 6.07) is 1.25. The number of aromatic nitrogens is 1. The van der Waals surface area contributed by atoms with Gasteiger partial charge in [-0.1, -0.05) is 0 Å². The number of halogens is 1. The number of pyridine rings is 1. The standard InChI is InChI=1S/C9H14FN3O/c1-2-14-6-9(13-11)7-3-4-12-5-8(7)10/h3-5,9,13H,2,6,11H2,1H3. The molecule has 1 atom stereocenters. The van der Waals surface area contributed by atoms with Gasteiger partial charge in [-0.3, -0.25) is 16.3 Å². The van der Waals surface area contributed by atoms with Gasteiger partial charge in [-0.05, 0) is 13.0 Å². The lowest BCUT2D eigenvalue weighted by molar-refractivity contribution is 0.122. The van der Waals surface area contributed by atoms with E-state index in [9.17, 15) is 4.39 Å². The summed E-state index contributed by atoms with van der Waals surface area (Å²) in [6.45, 7) is 2.79. The van der Waals surface area contributed by atoms with E-state index in [4.69, 9.17) is 10.6 Å². The van der Waals surface area contributed by atoms with Crippen LogP contribution in [-0.4, -0.2) is 18.2 Å². The van der Waals surface area contributed by atoms with Crippen molar-refractivity contribution in [1.82, 2.24) is 10.4 Å². The first kappa shape index (κ1) is 11.0. The van der Waals surface area contributed by atoms with E-state index in [0.29, 0.717) is 18.8 Å². The lowest BCUT2D eigenvalue weighted by Crippen LogP contribution is -2.32. The van der Waals surface area contributed by atoms with E-state index in [1.807, 2.05) is 6.92 Å². The van der Waals surface area contributed by atoms with E-state index in [0.717, 1.165) is 6.20 Å². The average molecular weight is 199 g/mol. The van der Waals surface area contributed by atoms with Crippen LogP contribution in [0, 0.1) is 5.82 Å². The van der Waals surface area contributed by atoms with Crippen LogP contribution < -0.4 is 11.3 Å². The molecular weight excluding hydrogens is 185 g/mol. The molecule has 1 heterocycles. The SMILES string of the molecule is CCOCC(NN)c1ccncc1F. The molecule has 1 rings (SSSR count). The minimum Gasteiger partial charge on any atom is -0.380 e. The highest BCUT2D eigenvalue weighted by Crippen LogP contribution is 2.14. The van der Waals surface area contributed by atoms with Gasteiger partial charge in [0.25, 0.3) is 0 Å². The molecule has 1 aromatic rings. The zero-order chi connectivity index (χ0) is 10.4. The molecule has 78 valence electrons. The molecule has 14 heavy (non-hydrogen) atoms. The van der Waals surface area contributed by atoms with E-state index in [-0.39, 0.29) is 11.9 Å². The third-order valence-electron chi connectivity index (χ3n) is 1.87. The molecule has 0 aliphatic heterocycles. The summed E-state index contributed by atoms with van der Waals surface area (Å²) in [6.07, 6.45) is 2.68. The summed E-state index contributed by atoms with van der Waals surface area (Å²) in [4.78, 5) is 3.66. The molecule has 0 radical (unpaired) electrons. The molecule has 1 aromatic heterocycles. The quantitative estimate of drug-likeness (QED) is 0.543. The summed E-state index contributed by atoms with van der Waals surface area (Å²) in [7, 11) is 0. The Hall–Kier alpha value is -1.04. The molecule has 0 bridgehead atoms. The van der Waals surface area contributed by atoms with E-state index in [1.54, 1.807) is 6.07 Å². The highest BCUT2D eigenvalue weighted by Gasteiger charge is 2.13. The first-order chi connectivity index (χ1) is 6.79. The Balaban J connectivity index is 2.73. The van der Waals surface area contributed by atoms with Crippen LogP contribution in [0.4, 0.5) is 4.39 Å². The maximum Gasteiger partial charge on any atom is 0.146 e. The zero-order valence-corrected chi connectivity index (χ0v) is 8.03. The van der Waals surface area contributed by atoms with Gasteiger partial charge in [0.05, 0.1) is 18.8 Å². The number of rotatable bonds is 5. The molecular formula is C9H14FN3O. The van der Waals surface area contributed by atoms with Gasteiger partial charge in [-0.2, -0.15) is 0 Å². The highest BCUT2D eigenvalue weighted by atomic mass is 19.1. The maximum absolute atomic E-state index is 13.2. The molecule has 0 saturated heterocycles. The van der Waals surface area contributed by atoms with Crippen molar-refractivity contribution in [3.05, 3.63) is 29.8 Å². The van der Waals surface area contributed by atoms with Gasteiger partial charge >= 0.3 is 0 Å². The first-order valence-corrected chi connectivity index (χ1v) is 4.42. The number of hydrazine groups is 1. The summed E-state index contributed by atoms with van der Waals surface area (Å²) in [5.74, 6) is 4.92. The van der Waals surface area contributed by atoms with Gasteiger partial charge < -0.3 is 4.74 Å². The van der Waals surface area contributed by atoms with Crippen LogP contribution in [0.5, 0.6) is 0 Å². The van der Waals surface area contributed by atoms with Crippen LogP contribution in [0.15, 0.2) is 18.5 Å². The molecule has 0 aliphatic rings. The average Bonchev–Trinajstić information content (AvgIpc) is 2.21. The van der Waals surface area contributed by atoms with Crippen LogP contribution in [0.25, 0.3) is 0 Å². The fourth-order valence-corrected chi connectivity index (χ4v) is 1.13. The lowest BCUT2D eigenvalue weighted by atomic mass is 10.1. The van der Waals surface area contributed by atoms with Crippen molar-refractivity contribution >= 4 is 0 Å². The molecule has 0 saturated carbocycles. The lowest BCUT2D eigenvalue weighted by Gasteiger charge is -2.16. The first-order valence-electron chi connectivity index (χ1n) is 4.42. The Labute approximate surface area is 82.2 Å². The zero-order valence-electron chi connectivity index (χ0n) is 8.03. The van der Waals surface area contributed by atoms with Crippen LogP contribution in [0.1, 0.15) is 18.5 Å². The van der Waals surface area contributed by atoms with Crippen molar-refractivity contribution in [2.45, 2.75) is 13.0 Å². The van der Waals surface area contributed by atoms with Gasteiger partial charge in [0.1, 0.15) is 5.82 Å². The predicted molar refractivity (Wildman–Crippen MR) is 50.8 cm³/mol. The molecule has 0 fully saturated rings. The molecule has 0 spiro atoms. The van der Waals surface area contributed by atoms with Crippen LogP contribution >= 0.6 is 0 Å². The summed E-state index contributed by atoms with van der Waals surface area (Å²) < 4.78 is 18.4. The van der Waals surface area contributed by atoms with Crippen molar-refractivity contribution in [3.63, 3.8) is 0 Å².